The van der Waals surface area contributed by atoms with Gasteiger partial charge in [-0.05, 0) is 12.2 Å². The van der Waals surface area contributed by atoms with E-state index in [4.69, 9.17) is 0 Å². The summed E-state index contributed by atoms with van der Waals surface area (Å²) in [5, 5.41) is 4.34. The zero-order chi connectivity index (χ0) is 13.8. The second-order valence-corrected chi connectivity index (χ2v) is 6.90. The lowest BCUT2D eigenvalue weighted by atomic mass is 10.1. The van der Waals surface area contributed by atoms with Crippen LogP contribution in [0, 0.1) is 0 Å². The van der Waals surface area contributed by atoms with E-state index in [0.29, 0.717) is 5.92 Å². The summed E-state index contributed by atoms with van der Waals surface area (Å²) in [6.45, 7) is 7.58. The third kappa shape index (κ3) is 3.49. The van der Waals surface area contributed by atoms with Crippen molar-refractivity contribution in [1.29, 1.82) is 0 Å². The van der Waals surface area contributed by atoms with Crippen LogP contribution in [-0.4, -0.2) is 48.2 Å². The van der Waals surface area contributed by atoms with E-state index >= 15 is 0 Å². The van der Waals surface area contributed by atoms with Gasteiger partial charge in [-0.25, -0.2) is 4.98 Å². The summed E-state index contributed by atoms with van der Waals surface area (Å²) in [6.07, 6.45) is 2.06. The summed E-state index contributed by atoms with van der Waals surface area (Å²) in [4.78, 5) is 20.0. The number of thiazole rings is 1. The smallest absolute Gasteiger partial charge is 0.265 e. The summed E-state index contributed by atoms with van der Waals surface area (Å²) in [5.74, 6) is 1.35. The summed E-state index contributed by atoms with van der Waals surface area (Å²) in [7, 11) is 0. The van der Waals surface area contributed by atoms with Gasteiger partial charge < -0.3 is 10.2 Å². The van der Waals surface area contributed by atoms with Crippen LogP contribution in [-0.2, 0) is 5.75 Å². The number of amides is 1. The first kappa shape index (κ1) is 14.8. The Labute approximate surface area is 123 Å². The summed E-state index contributed by atoms with van der Waals surface area (Å²) in [6, 6.07) is 0. The Morgan fingerprint density at radius 1 is 1.47 bits per heavy atom. The number of hydrogen-bond donors (Lipinski definition) is 1. The lowest BCUT2D eigenvalue weighted by molar-refractivity contribution is 0.0739. The number of carbonyl (C=O) groups excluding carboxylic acids is 1. The standard InChI is InChI=1S/C13H21N3OS2/c1-9(2)11-12(19-10(15-11)8-18-3)13(17)16-6-4-14-5-7-16/h9,14H,4-8H2,1-3H3. The number of hydrogen-bond acceptors (Lipinski definition) is 5. The van der Waals surface area contributed by atoms with Gasteiger partial charge in [0.2, 0.25) is 0 Å². The highest BCUT2D eigenvalue weighted by Crippen LogP contribution is 2.28. The normalized spacial score (nSPS) is 16.1. The Hall–Kier alpha value is -0.590. The Morgan fingerprint density at radius 3 is 2.74 bits per heavy atom. The lowest BCUT2D eigenvalue weighted by Crippen LogP contribution is -2.46. The zero-order valence-corrected chi connectivity index (χ0v) is 13.4. The molecular formula is C13H21N3OS2. The first-order chi connectivity index (χ1) is 9.13. The molecule has 1 saturated heterocycles. The molecule has 1 aromatic rings. The maximum atomic E-state index is 12.6. The summed E-state index contributed by atoms with van der Waals surface area (Å²) in [5.41, 5.74) is 0.970. The number of carbonyl (C=O) groups is 1. The maximum absolute atomic E-state index is 12.6. The van der Waals surface area contributed by atoms with Crippen LogP contribution in [0.3, 0.4) is 0 Å². The van der Waals surface area contributed by atoms with E-state index in [1.165, 1.54) is 0 Å². The fourth-order valence-electron chi connectivity index (χ4n) is 2.12. The minimum atomic E-state index is 0.162. The van der Waals surface area contributed by atoms with Gasteiger partial charge >= 0.3 is 0 Å². The van der Waals surface area contributed by atoms with E-state index in [1.54, 1.807) is 23.1 Å². The van der Waals surface area contributed by atoms with E-state index in [1.807, 2.05) is 4.90 Å². The Balaban J connectivity index is 2.23. The second kappa shape index (κ2) is 6.72. The largest absolute Gasteiger partial charge is 0.335 e. The second-order valence-electron chi connectivity index (χ2n) is 4.95. The maximum Gasteiger partial charge on any atom is 0.265 e. The van der Waals surface area contributed by atoms with E-state index in [9.17, 15) is 4.79 Å². The van der Waals surface area contributed by atoms with Crippen LogP contribution in [0.4, 0.5) is 0 Å². The van der Waals surface area contributed by atoms with Crippen LogP contribution in [0.1, 0.15) is 40.1 Å². The van der Waals surface area contributed by atoms with Gasteiger partial charge in [0, 0.05) is 31.9 Å². The Bertz CT molecular complexity index is 439. The third-order valence-corrected chi connectivity index (χ3v) is 4.91. The van der Waals surface area contributed by atoms with Crippen LogP contribution >= 0.6 is 23.1 Å². The molecule has 1 N–H and O–H groups in total. The molecule has 0 saturated carbocycles. The van der Waals surface area contributed by atoms with Crippen molar-refractivity contribution in [2.75, 3.05) is 32.4 Å². The van der Waals surface area contributed by atoms with Crippen molar-refractivity contribution in [3.63, 3.8) is 0 Å². The molecule has 0 aliphatic carbocycles. The molecule has 1 amide bonds. The predicted molar refractivity (Wildman–Crippen MR) is 82.2 cm³/mol. The van der Waals surface area contributed by atoms with Crippen LogP contribution in [0.5, 0.6) is 0 Å². The van der Waals surface area contributed by atoms with Crippen molar-refractivity contribution >= 4 is 29.0 Å². The molecule has 1 aromatic heterocycles. The molecule has 1 aliphatic heterocycles. The first-order valence-corrected chi connectivity index (χ1v) is 8.83. The number of nitrogens with one attached hydrogen (secondary N) is 1. The molecule has 4 nitrogen and oxygen atoms in total. The van der Waals surface area contributed by atoms with Crippen molar-refractivity contribution < 1.29 is 4.79 Å². The zero-order valence-electron chi connectivity index (χ0n) is 11.7. The molecule has 2 rings (SSSR count). The van der Waals surface area contributed by atoms with Gasteiger partial charge in [-0.3, -0.25) is 4.79 Å². The molecule has 19 heavy (non-hydrogen) atoms. The highest BCUT2D eigenvalue weighted by atomic mass is 32.2. The minimum absolute atomic E-state index is 0.162. The van der Waals surface area contributed by atoms with Crippen molar-refractivity contribution in [1.82, 2.24) is 15.2 Å². The molecule has 0 aromatic carbocycles. The van der Waals surface area contributed by atoms with Gasteiger partial charge in [0.1, 0.15) is 9.88 Å². The van der Waals surface area contributed by atoms with Crippen molar-refractivity contribution in [3.05, 3.63) is 15.6 Å². The third-order valence-electron chi connectivity index (χ3n) is 3.11. The first-order valence-electron chi connectivity index (χ1n) is 6.62. The number of aromatic nitrogens is 1. The monoisotopic (exact) mass is 299 g/mol. The van der Waals surface area contributed by atoms with Crippen molar-refractivity contribution in [2.45, 2.75) is 25.5 Å². The number of piperazine rings is 1. The number of thioether (sulfide) groups is 1. The molecular weight excluding hydrogens is 278 g/mol. The minimum Gasteiger partial charge on any atom is -0.335 e. The van der Waals surface area contributed by atoms with Crippen LogP contribution in [0.2, 0.25) is 0 Å². The van der Waals surface area contributed by atoms with E-state index < -0.39 is 0 Å². The van der Waals surface area contributed by atoms with Crippen molar-refractivity contribution in [2.24, 2.45) is 0 Å². The Kier molecular flexibility index (Phi) is 5.24. The van der Waals surface area contributed by atoms with E-state index in [0.717, 1.165) is 47.5 Å². The fraction of sp³-hybridized carbons (Fsp3) is 0.692. The number of nitrogens with zero attached hydrogens (tertiary/aromatic N) is 2. The average molecular weight is 299 g/mol. The van der Waals surface area contributed by atoms with E-state index in [-0.39, 0.29) is 5.91 Å². The molecule has 1 fully saturated rings. The van der Waals surface area contributed by atoms with Gasteiger partial charge in [-0.15, -0.1) is 11.3 Å². The topological polar surface area (TPSA) is 45.2 Å². The molecule has 0 bridgehead atoms. The lowest BCUT2D eigenvalue weighted by Gasteiger charge is -2.27. The summed E-state index contributed by atoms with van der Waals surface area (Å²) < 4.78 is 0. The molecule has 0 spiro atoms. The molecule has 1 aliphatic rings. The molecule has 106 valence electrons. The quantitative estimate of drug-likeness (QED) is 0.925. The van der Waals surface area contributed by atoms with Crippen LogP contribution in [0.15, 0.2) is 0 Å². The molecule has 0 radical (unpaired) electrons. The van der Waals surface area contributed by atoms with Gasteiger partial charge in [0.25, 0.3) is 5.91 Å². The molecule has 0 unspecified atom stereocenters. The van der Waals surface area contributed by atoms with E-state index in [2.05, 4.69) is 30.4 Å². The number of rotatable bonds is 4. The summed E-state index contributed by atoms with van der Waals surface area (Å²) >= 11 is 3.32. The SMILES string of the molecule is CSCc1nc(C(C)C)c(C(=O)N2CCNCC2)s1. The van der Waals surface area contributed by atoms with Gasteiger partial charge in [-0.1, -0.05) is 13.8 Å². The van der Waals surface area contributed by atoms with Gasteiger partial charge in [-0.2, -0.15) is 11.8 Å². The highest BCUT2D eigenvalue weighted by Gasteiger charge is 2.25. The molecule has 0 atom stereocenters. The van der Waals surface area contributed by atoms with Crippen LogP contribution in [0.25, 0.3) is 0 Å². The van der Waals surface area contributed by atoms with Gasteiger partial charge in [0.15, 0.2) is 0 Å². The molecule has 2 heterocycles. The fourth-order valence-corrected chi connectivity index (χ4v) is 4.00. The average Bonchev–Trinajstić information content (AvgIpc) is 2.83. The van der Waals surface area contributed by atoms with Crippen LogP contribution < -0.4 is 5.32 Å². The van der Waals surface area contributed by atoms with Crippen molar-refractivity contribution in [3.8, 4) is 0 Å². The highest BCUT2D eigenvalue weighted by molar-refractivity contribution is 7.97. The Morgan fingerprint density at radius 2 is 2.16 bits per heavy atom. The van der Waals surface area contributed by atoms with Gasteiger partial charge in [0.05, 0.1) is 5.69 Å². The predicted octanol–water partition coefficient (Wildman–Crippen LogP) is 2.17. The molecule has 6 heteroatoms.